The summed E-state index contributed by atoms with van der Waals surface area (Å²) >= 11 is 1.28. The lowest BCUT2D eigenvalue weighted by Gasteiger charge is -2.04. The molecule has 5 nitrogen and oxygen atoms in total. The first-order valence-corrected chi connectivity index (χ1v) is 7.83. The number of imidazole rings is 1. The summed E-state index contributed by atoms with van der Waals surface area (Å²) in [5.41, 5.74) is 2.27. The summed E-state index contributed by atoms with van der Waals surface area (Å²) in [4.78, 5) is 23.2. The number of nitrogens with zero attached hydrogens (tertiary/aromatic N) is 2. The number of carbonyl (C=O) groups is 1. The molecule has 3 aromatic rings. The zero-order chi connectivity index (χ0) is 16.1. The van der Waals surface area contributed by atoms with Gasteiger partial charge in [0, 0.05) is 23.6 Å². The largest absolute Gasteiger partial charge is 0.333 e. The molecule has 0 aliphatic rings. The minimum atomic E-state index is -0.386. The molecule has 3 rings (SSSR count). The molecule has 0 radical (unpaired) electrons. The number of thioether (sulfide) groups is 1. The summed E-state index contributed by atoms with van der Waals surface area (Å²) in [5.74, 6) is -0.425. The van der Waals surface area contributed by atoms with Crippen molar-refractivity contribution in [2.75, 3.05) is 11.1 Å². The topological polar surface area (TPSA) is 70.7 Å². The highest BCUT2D eigenvalue weighted by molar-refractivity contribution is 7.99. The van der Waals surface area contributed by atoms with E-state index < -0.39 is 0 Å². The first-order chi connectivity index (χ1) is 11.2. The van der Waals surface area contributed by atoms with Crippen LogP contribution >= 0.6 is 11.8 Å². The van der Waals surface area contributed by atoms with E-state index in [0.717, 1.165) is 11.3 Å². The van der Waals surface area contributed by atoms with Crippen molar-refractivity contribution in [1.29, 1.82) is 0 Å². The highest BCUT2D eigenvalue weighted by Crippen LogP contribution is 2.21. The number of nitrogens with one attached hydrogen (secondary N) is 2. The molecular weight excluding hydrogens is 315 g/mol. The maximum atomic E-state index is 13.1. The molecule has 2 aromatic heterocycles. The fourth-order valence-corrected chi connectivity index (χ4v) is 2.60. The van der Waals surface area contributed by atoms with Crippen molar-refractivity contribution in [2.45, 2.75) is 5.16 Å². The summed E-state index contributed by atoms with van der Waals surface area (Å²) < 4.78 is 13.1. The van der Waals surface area contributed by atoms with E-state index in [1.54, 1.807) is 30.7 Å². The zero-order valence-corrected chi connectivity index (χ0v) is 12.8. The van der Waals surface area contributed by atoms with Gasteiger partial charge in [-0.05, 0) is 30.3 Å². The highest BCUT2D eigenvalue weighted by atomic mass is 32.2. The summed E-state index contributed by atoms with van der Waals surface area (Å²) in [7, 11) is 0. The molecule has 0 spiro atoms. The number of rotatable bonds is 5. The van der Waals surface area contributed by atoms with Crippen LogP contribution in [0.4, 0.5) is 10.1 Å². The van der Waals surface area contributed by atoms with Gasteiger partial charge in [0.25, 0.3) is 0 Å². The highest BCUT2D eigenvalue weighted by Gasteiger charge is 2.08. The Morgan fingerprint density at radius 2 is 2.09 bits per heavy atom. The number of hydrogen-bond acceptors (Lipinski definition) is 4. The monoisotopic (exact) mass is 328 g/mol. The molecule has 0 fully saturated rings. The maximum Gasteiger partial charge on any atom is 0.234 e. The van der Waals surface area contributed by atoms with Gasteiger partial charge in [-0.3, -0.25) is 9.78 Å². The van der Waals surface area contributed by atoms with Gasteiger partial charge in [-0.15, -0.1) is 0 Å². The standard InChI is InChI=1S/C16H13FN4OS/c17-12-2-1-3-13(8-12)20-15(22)10-23-16-19-9-14(21-16)11-4-6-18-7-5-11/h1-9H,10H2,(H,19,21)(H,20,22). The van der Waals surface area contributed by atoms with Crippen molar-refractivity contribution < 1.29 is 9.18 Å². The second kappa shape index (κ2) is 7.06. The lowest BCUT2D eigenvalue weighted by atomic mass is 10.2. The van der Waals surface area contributed by atoms with E-state index in [4.69, 9.17) is 0 Å². The molecule has 2 N–H and O–H groups in total. The third-order valence-electron chi connectivity index (χ3n) is 2.99. The van der Waals surface area contributed by atoms with Crippen LogP contribution in [0.3, 0.4) is 0 Å². The molecule has 1 aromatic carbocycles. The second-order valence-electron chi connectivity index (χ2n) is 4.69. The second-order valence-corrected chi connectivity index (χ2v) is 5.65. The first-order valence-electron chi connectivity index (χ1n) is 6.84. The van der Waals surface area contributed by atoms with Crippen molar-refractivity contribution in [1.82, 2.24) is 15.0 Å². The Morgan fingerprint density at radius 3 is 2.87 bits per heavy atom. The minimum absolute atomic E-state index is 0.180. The van der Waals surface area contributed by atoms with Crippen molar-refractivity contribution >= 4 is 23.4 Å². The molecule has 0 aliphatic heterocycles. The van der Waals surface area contributed by atoms with Gasteiger partial charge in [-0.1, -0.05) is 17.8 Å². The van der Waals surface area contributed by atoms with E-state index in [-0.39, 0.29) is 17.5 Å². The fraction of sp³-hybridized carbons (Fsp3) is 0.0625. The van der Waals surface area contributed by atoms with Gasteiger partial charge in [0.15, 0.2) is 5.16 Å². The van der Waals surface area contributed by atoms with Crippen LogP contribution < -0.4 is 5.32 Å². The molecule has 0 atom stereocenters. The molecule has 0 aliphatic carbocycles. The van der Waals surface area contributed by atoms with Crippen molar-refractivity contribution in [3.05, 3.63) is 60.8 Å². The molecule has 2 heterocycles. The molecule has 0 unspecified atom stereocenters. The van der Waals surface area contributed by atoms with Crippen LogP contribution in [0.1, 0.15) is 0 Å². The summed E-state index contributed by atoms with van der Waals surface area (Å²) in [5, 5.41) is 3.29. The lowest BCUT2D eigenvalue weighted by Crippen LogP contribution is -2.14. The smallest absolute Gasteiger partial charge is 0.234 e. The average molecular weight is 328 g/mol. The molecule has 0 saturated heterocycles. The molecule has 0 saturated carbocycles. The van der Waals surface area contributed by atoms with E-state index in [9.17, 15) is 9.18 Å². The SMILES string of the molecule is O=C(CSc1ncc(-c2ccncc2)[nH]1)Nc1cccc(F)c1. The summed E-state index contributed by atoms with van der Waals surface area (Å²) in [6, 6.07) is 9.54. The number of carbonyl (C=O) groups excluding carboxylic acids is 1. The van der Waals surface area contributed by atoms with Gasteiger partial charge < -0.3 is 10.3 Å². The number of aromatic amines is 1. The fourth-order valence-electron chi connectivity index (χ4n) is 1.95. The Labute approximate surface area is 136 Å². The Bertz CT molecular complexity index is 807. The Hall–Kier alpha value is -2.67. The third-order valence-corrected chi connectivity index (χ3v) is 3.88. The van der Waals surface area contributed by atoms with Gasteiger partial charge in [0.2, 0.25) is 5.91 Å². The number of aromatic nitrogens is 3. The lowest BCUT2D eigenvalue weighted by molar-refractivity contribution is -0.113. The Balaban J connectivity index is 1.56. The van der Waals surface area contributed by atoms with Crippen LogP contribution in [0.5, 0.6) is 0 Å². The minimum Gasteiger partial charge on any atom is -0.333 e. The summed E-state index contributed by atoms with van der Waals surface area (Å²) in [6.07, 6.45) is 5.12. The van der Waals surface area contributed by atoms with Crippen LogP contribution in [-0.2, 0) is 4.79 Å². The Kier molecular flexibility index (Phi) is 4.68. The number of benzene rings is 1. The van der Waals surface area contributed by atoms with Crippen LogP contribution in [0.25, 0.3) is 11.3 Å². The van der Waals surface area contributed by atoms with Gasteiger partial charge in [0.05, 0.1) is 17.6 Å². The molecule has 23 heavy (non-hydrogen) atoms. The number of anilines is 1. The van der Waals surface area contributed by atoms with E-state index in [0.29, 0.717) is 10.8 Å². The number of amides is 1. The number of pyridine rings is 1. The van der Waals surface area contributed by atoms with E-state index >= 15 is 0 Å². The van der Waals surface area contributed by atoms with Gasteiger partial charge >= 0.3 is 0 Å². The van der Waals surface area contributed by atoms with Crippen LogP contribution in [-0.4, -0.2) is 26.6 Å². The molecular formula is C16H13FN4OS. The molecule has 116 valence electrons. The van der Waals surface area contributed by atoms with Gasteiger partial charge in [-0.25, -0.2) is 9.37 Å². The van der Waals surface area contributed by atoms with E-state index in [2.05, 4.69) is 20.3 Å². The van der Waals surface area contributed by atoms with Gasteiger partial charge in [-0.2, -0.15) is 0 Å². The zero-order valence-electron chi connectivity index (χ0n) is 12.0. The number of H-pyrrole nitrogens is 1. The van der Waals surface area contributed by atoms with Crippen molar-refractivity contribution in [2.24, 2.45) is 0 Å². The average Bonchev–Trinajstić information content (AvgIpc) is 3.03. The molecule has 7 heteroatoms. The first kappa shape index (κ1) is 15.2. The predicted molar refractivity (Wildman–Crippen MR) is 87.6 cm³/mol. The van der Waals surface area contributed by atoms with Crippen LogP contribution in [0.15, 0.2) is 60.1 Å². The van der Waals surface area contributed by atoms with Crippen LogP contribution in [0, 0.1) is 5.82 Å². The molecule has 1 amide bonds. The summed E-state index contributed by atoms with van der Waals surface area (Å²) in [6.45, 7) is 0. The van der Waals surface area contributed by atoms with Gasteiger partial charge in [0.1, 0.15) is 5.82 Å². The van der Waals surface area contributed by atoms with E-state index in [1.165, 1.54) is 23.9 Å². The quantitative estimate of drug-likeness (QED) is 0.705. The normalized spacial score (nSPS) is 10.5. The number of hydrogen-bond donors (Lipinski definition) is 2. The van der Waals surface area contributed by atoms with Crippen molar-refractivity contribution in [3.8, 4) is 11.3 Å². The third kappa shape index (κ3) is 4.17. The van der Waals surface area contributed by atoms with Crippen molar-refractivity contribution in [3.63, 3.8) is 0 Å². The Morgan fingerprint density at radius 1 is 1.26 bits per heavy atom. The maximum absolute atomic E-state index is 13.1. The number of halogens is 1. The molecule has 0 bridgehead atoms. The predicted octanol–water partition coefficient (Wildman–Crippen LogP) is 3.34. The van der Waals surface area contributed by atoms with E-state index in [1.807, 2.05) is 12.1 Å². The van der Waals surface area contributed by atoms with Crippen LogP contribution in [0.2, 0.25) is 0 Å².